The van der Waals surface area contributed by atoms with E-state index in [-0.39, 0.29) is 11.8 Å². The van der Waals surface area contributed by atoms with E-state index in [0.29, 0.717) is 13.1 Å². The van der Waals surface area contributed by atoms with E-state index in [1.807, 2.05) is 19.1 Å². The van der Waals surface area contributed by atoms with Gasteiger partial charge >= 0.3 is 5.97 Å². The number of hydrogen-bond acceptors (Lipinski definition) is 3. The Balaban J connectivity index is 1.94. The summed E-state index contributed by atoms with van der Waals surface area (Å²) in [4.78, 5) is 13.0. The van der Waals surface area contributed by atoms with Gasteiger partial charge in [-0.1, -0.05) is 6.92 Å². The van der Waals surface area contributed by atoms with E-state index >= 15 is 0 Å². The van der Waals surface area contributed by atoms with E-state index in [1.54, 1.807) is 6.26 Å². The van der Waals surface area contributed by atoms with Crippen molar-refractivity contribution in [3.05, 3.63) is 24.2 Å². The second-order valence-corrected chi connectivity index (χ2v) is 4.20. The van der Waals surface area contributed by atoms with Gasteiger partial charge in [-0.05, 0) is 18.1 Å². The number of likely N-dealkylation sites (tertiary alicyclic amines) is 1. The largest absolute Gasteiger partial charge is 0.481 e. The van der Waals surface area contributed by atoms with Crippen molar-refractivity contribution >= 4 is 5.97 Å². The number of hydrogen-bond donors (Lipinski definition) is 1. The van der Waals surface area contributed by atoms with E-state index < -0.39 is 5.97 Å². The Hall–Kier alpha value is -1.29. The zero-order valence-corrected chi connectivity index (χ0v) is 8.72. The summed E-state index contributed by atoms with van der Waals surface area (Å²) in [6.45, 7) is 4.15. The fraction of sp³-hybridized carbons (Fsp3) is 0.545. The molecule has 0 amide bonds. The first-order chi connectivity index (χ1) is 7.16. The van der Waals surface area contributed by atoms with Gasteiger partial charge < -0.3 is 9.52 Å². The van der Waals surface area contributed by atoms with Crippen LogP contribution in [0.2, 0.25) is 0 Å². The highest BCUT2D eigenvalue weighted by molar-refractivity contribution is 5.71. The highest BCUT2D eigenvalue weighted by atomic mass is 16.4. The smallest absolute Gasteiger partial charge is 0.308 e. The van der Waals surface area contributed by atoms with Crippen LogP contribution in [0.5, 0.6) is 0 Å². The molecule has 1 saturated heterocycles. The van der Waals surface area contributed by atoms with E-state index in [9.17, 15) is 4.79 Å². The van der Waals surface area contributed by atoms with Crippen LogP contribution in [0.3, 0.4) is 0 Å². The molecule has 82 valence electrons. The van der Waals surface area contributed by atoms with Gasteiger partial charge in [0.05, 0.1) is 18.7 Å². The molecule has 1 aromatic heterocycles. The molecule has 1 N–H and O–H groups in total. The molecule has 1 aliphatic rings. The van der Waals surface area contributed by atoms with Crippen LogP contribution in [0, 0.1) is 11.8 Å². The molecule has 4 nitrogen and oxygen atoms in total. The molecule has 2 atom stereocenters. The molecule has 1 aliphatic heterocycles. The van der Waals surface area contributed by atoms with Crippen molar-refractivity contribution in [2.75, 3.05) is 13.1 Å². The lowest BCUT2D eigenvalue weighted by atomic mass is 9.99. The van der Waals surface area contributed by atoms with Crippen LogP contribution in [0.1, 0.15) is 12.7 Å². The number of furan rings is 1. The highest BCUT2D eigenvalue weighted by Gasteiger charge is 2.34. The lowest BCUT2D eigenvalue weighted by molar-refractivity contribution is -0.142. The molecule has 0 spiro atoms. The van der Waals surface area contributed by atoms with Crippen LogP contribution in [0.4, 0.5) is 0 Å². The lowest BCUT2D eigenvalue weighted by Gasteiger charge is -2.12. The molecule has 0 bridgehead atoms. The minimum atomic E-state index is -0.690. The molecule has 15 heavy (non-hydrogen) atoms. The lowest BCUT2D eigenvalue weighted by Crippen LogP contribution is -2.22. The molecule has 0 unspecified atom stereocenters. The van der Waals surface area contributed by atoms with Gasteiger partial charge in [0.25, 0.3) is 0 Å². The van der Waals surface area contributed by atoms with E-state index in [1.165, 1.54) is 0 Å². The van der Waals surface area contributed by atoms with Gasteiger partial charge in [-0.3, -0.25) is 9.69 Å². The number of carboxylic acids is 1. The summed E-state index contributed by atoms with van der Waals surface area (Å²) in [7, 11) is 0. The number of rotatable bonds is 3. The molecule has 2 rings (SSSR count). The Labute approximate surface area is 88.5 Å². The average Bonchev–Trinajstić information content (AvgIpc) is 2.75. The maximum Gasteiger partial charge on any atom is 0.308 e. The first kappa shape index (κ1) is 10.2. The fourth-order valence-electron chi connectivity index (χ4n) is 2.14. The zero-order chi connectivity index (χ0) is 10.8. The molecule has 0 aromatic carbocycles. The monoisotopic (exact) mass is 209 g/mol. The molecular weight excluding hydrogens is 194 g/mol. The van der Waals surface area contributed by atoms with Gasteiger partial charge in [0.1, 0.15) is 5.76 Å². The third-order valence-electron chi connectivity index (χ3n) is 2.96. The first-order valence-electron chi connectivity index (χ1n) is 5.14. The first-order valence-corrected chi connectivity index (χ1v) is 5.14. The standard InChI is InChI=1S/C11H15NO3/c1-8-5-12(7-10(8)11(13)14)6-9-3-2-4-15-9/h2-4,8,10H,5-7H2,1H3,(H,13,14)/t8-,10-/m1/s1. The van der Waals surface area contributed by atoms with Crippen LogP contribution in [-0.2, 0) is 11.3 Å². The van der Waals surface area contributed by atoms with Crippen LogP contribution < -0.4 is 0 Å². The molecule has 1 aromatic rings. The highest BCUT2D eigenvalue weighted by Crippen LogP contribution is 2.24. The topological polar surface area (TPSA) is 53.7 Å². The van der Waals surface area contributed by atoms with Crippen molar-refractivity contribution in [2.24, 2.45) is 11.8 Å². The van der Waals surface area contributed by atoms with Crippen molar-refractivity contribution in [1.29, 1.82) is 0 Å². The van der Waals surface area contributed by atoms with Crippen molar-refractivity contribution < 1.29 is 14.3 Å². The third kappa shape index (κ3) is 2.21. The predicted molar refractivity (Wildman–Crippen MR) is 54.3 cm³/mol. The molecule has 1 fully saturated rings. The van der Waals surface area contributed by atoms with E-state index in [0.717, 1.165) is 12.3 Å². The van der Waals surface area contributed by atoms with Gasteiger partial charge in [0.15, 0.2) is 0 Å². The Morgan fingerprint density at radius 3 is 3.00 bits per heavy atom. The number of aliphatic carboxylic acids is 1. The van der Waals surface area contributed by atoms with E-state index in [4.69, 9.17) is 9.52 Å². The van der Waals surface area contributed by atoms with Gasteiger partial charge in [-0.15, -0.1) is 0 Å². The van der Waals surface area contributed by atoms with Crippen LogP contribution in [0.15, 0.2) is 22.8 Å². The van der Waals surface area contributed by atoms with Gasteiger partial charge in [0, 0.05) is 13.1 Å². The molecule has 0 saturated carbocycles. The summed E-state index contributed by atoms with van der Waals surface area (Å²) in [6.07, 6.45) is 1.64. The maximum absolute atomic E-state index is 10.9. The molecule has 0 aliphatic carbocycles. The zero-order valence-electron chi connectivity index (χ0n) is 8.72. The van der Waals surface area contributed by atoms with E-state index in [2.05, 4.69) is 4.90 Å². The molecule has 4 heteroatoms. The average molecular weight is 209 g/mol. The quantitative estimate of drug-likeness (QED) is 0.818. The van der Waals surface area contributed by atoms with Gasteiger partial charge in [-0.25, -0.2) is 0 Å². The van der Waals surface area contributed by atoms with Crippen molar-refractivity contribution in [3.8, 4) is 0 Å². The predicted octanol–water partition coefficient (Wildman–Crippen LogP) is 1.43. The second kappa shape index (κ2) is 4.06. The van der Waals surface area contributed by atoms with Crippen LogP contribution >= 0.6 is 0 Å². The summed E-state index contributed by atoms with van der Waals surface area (Å²) < 4.78 is 5.24. The Morgan fingerprint density at radius 1 is 1.67 bits per heavy atom. The number of carboxylic acid groups (broad SMARTS) is 1. The maximum atomic E-state index is 10.9. The second-order valence-electron chi connectivity index (χ2n) is 4.20. The summed E-state index contributed by atoms with van der Waals surface area (Å²) in [6, 6.07) is 3.77. The van der Waals surface area contributed by atoms with Crippen molar-refractivity contribution in [1.82, 2.24) is 4.90 Å². The third-order valence-corrected chi connectivity index (χ3v) is 2.96. The molecule has 2 heterocycles. The Kier molecular flexibility index (Phi) is 2.77. The van der Waals surface area contributed by atoms with Crippen LogP contribution in [-0.4, -0.2) is 29.1 Å². The summed E-state index contributed by atoms with van der Waals surface area (Å²) in [5, 5.41) is 8.98. The van der Waals surface area contributed by atoms with Gasteiger partial charge in [0.2, 0.25) is 0 Å². The number of carbonyl (C=O) groups is 1. The summed E-state index contributed by atoms with van der Waals surface area (Å²) in [5.74, 6) is 0.190. The minimum Gasteiger partial charge on any atom is -0.481 e. The fourth-order valence-corrected chi connectivity index (χ4v) is 2.14. The Morgan fingerprint density at radius 2 is 2.47 bits per heavy atom. The van der Waals surface area contributed by atoms with Crippen molar-refractivity contribution in [3.63, 3.8) is 0 Å². The van der Waals surface area contributed by atoms with Gasteiger partial charge in [-0.2, -0.15) is 0 Å². The van der Waals surface area contributed by atoms with Crippen molar-refractivity contribution in [2.45, 2.75) is 13.5 Å². The number of nitrogens with zero attached hydrogens (tertiary/aromatic N) is 1. The summed E-state index contributed by atoms with van der Waals surface area (Å²) >= 11 is 0. The van der Waals surface area contributed by atoms with Crippen LogP contribution in [0.25, 0.3) is 0 Å². The molecule has 0 radical (unpaired) electrons. The summed E-state index contributed by atoms with van der Waals surface area (Å²) in [5.41, 5.74) is 0. The SMILES string of the molecule is C[C@@H]1CN(Cc2ccco2)C[C@H]1C(=O)O. The molecular formula is C11H15NO3. The Bertz CT molecular complexity index is 334. The minimum absolute atomic E-state index is 0.220. The normalized spacial score (nSPS) is 27.0.